The standard InChI is InChI=1S/C21H21BrN4O/c1-13-20(25-26-24-13)21(17-8-10-18(22)11-9-17)23-19(27)12-14-2-4-15(5-3-14)16-6-7-16/h2-5,8-11,16,21H,6-7,12H2,1H3,(H,23,27)(H,24,25,26)/t21-/m0/s1. The van der Waals surface area contributed by atoms with Crippen molar-refractivity contribution in [2.75, 3.05) is 0 Å². The summed E-state index contributed by atoms with van der Waals surface area (Å²) in [7, 11) is 0. The molecule has 0 aliphatic heterocycles. The molecule has 0 unspecified atom stereocenters. The van der Waals surface area contributed by atoms with Crippen molar-refractivity contribution in [2.24, 2.45) is 0 Å². The predicted molar refractivity (Wildman–Crippen MR) is 107 cm³/mol. The first-order valence-electron chi connectivity index (χ1n) is 9.11. The molecule has 4 rings (SSSR count). The number of H-pyrrole nitrogens is 1. The lowest BCUT2D eigenvalue weighted by Gasteiger charge is -2.18. The number of halogens is 1. The normalized spacial score (nSPS) is 14.7. The fraction of sp³-hybridized carbons (Fsp3) is 0.286. The number of nitrogens with zero attached hydrogens (tertiary/aromatic N) is 2. The van der Waals surface area contributed by atoms with Crippen LogP contribution in [0.2, 0.25) is 0 Å². The van der Waals surface area contributed by atoms with Gasteiger partial charge in [0.15, 0.2) is 0 Å². The summed E-state index contributed by atoms with van der Waals surface area (Å²) in [5, 5.41) is 14.1. The molecular formula is C21H21BrN4O. The van der Waals surface area contributed by atoms with Gasteiger partial charge in [0, 0.05) is 4.47 Å². The smallest absolute Gasteiger partial charge is 0.225 e. The molecule has 1 saturated carbocycles. The van der Waals surface area contributed by atoms with Crippen molar-refractivity contribution < 1.29 is 4.79 Å². The predicted octanol–water partition coefficient (Wildman–Crippen LogP) is 4.20. The summed E-state index contributed by atoms with van der Waals surface area (Å²) in [4.78, 5) is 12.7. The molecule has 5 nitrogen and oxygen atoms in total. The molecule has 0 radical (unpaired) electrons. The van der Waals surface area contributed by atoms with E-state index in [1.54, 1.807) is 0 Å². The summed E-state index contributed by atoms with van der Waals surface area (Å²) in [5.74, 6) is 0.689. The molecule has 1 aliphatic carbocycles. The first-order chi connectivity index (χ1) is 13.1. The van der Waals surface area contributed by atoms with Crippen molar-refractivity contribution in [3.63, 3.8) is 0 Å². The van der Waals surface area contributed by atoms with Crippen molar-refractivity contribution >= 4 is 21.8 Å². The van der Waals surface area contributed by atoms with Crippen LogP contribution in [-0.2, 0) is 11.2 Å². The van der Waals surface area contributed by atoms with Gasteiger partial charge in [0.25, 0.3) is 0 Å². The molecule has 3 aromatic rings. The number of carbonyl (C=O) groups is 1. The number of carbonyl (C=O) groups excluding carboxylic acids is 1. The van der Waals surface area contributed by atoms with Gasteiger partial charge >= 0.3 is 0 Å². The Labute approximate surface area is 166 Å². The summed E-state index contributed by atoms with van der Waals surface area (Å²) in [6.07, 6.45) is 2.91. The zero-order valence-corrected chi connectivity index (χ0v) is 16.7. The zero-order valence-electron chi connectivity index (χ0n) is 15.1. The van der Waals surface area contributed by atoms with Crippen LogP contribution in [0.15, 0.2) is 53.0 Å². The van der Waals surface area contributed by atoms with Gasteiger partial charge in [0.1, 0.15) is 11.7 Å². The Morgan fingerprint density at radius 3 is 2.44 bits per heavy atom. The second-order valence-electron chi connectivity index (χ2n) is 7.04. The highest BCUT2D eigenvalue weighted by Crippen LogP contribution is 2.39. The number of aromatic amines is 1. The van der Waals surface area contributed by atoms with E-state index >= 15 is 0 Å². The largest absolute Gasteiger partial charge is 0.343 e. The molecule has 1 aromatic heterocycles. The molecular weight excluding hydrogens is 404 g/mol. The van der Waals surface area contributed by atoms with Crippen molar-refractivity contribution in [3.05, 3.63) is 81.1 Å². The maximum absolute atomic E-state index is 12.7. The van der Waals surface area contributed by atoms with Crippen LogP contribution in [0, 0.1) is 6.92 Å². The van der Waals surface area contributed by atoms with E-state index in [9.17, 15) is 4.79 Å². The Morgan fingerprint density at radius 2 is 1.85 bits per heavy atom. The molecule has 0 spiro atoms. The molecule has 1 fully saturated rings. The quantitative estimate of drug-likeness (QED) is 0.622. The number of benzene rings is 2. The van der Waals surface area contributed by atoms with Crippen LogP contribution >= 0.6 is 15.9 Å². The van der Waals surface area contributed by atoms with E-state index in [2.05, 4.69) is 60.9 Å². The van der Waals surface area contributed by atoms with Crippen LogP contribution in [-0.4, -0.2) is 21.3 Å². The molecule has 1 aliphatic rings. The number of nitrogens with one attached hydrogen (secondary N) is 2. The Balaban J connectivity index is 1.51. The van der Waals surface area contributed by atoms with Gasteiger partial charge in [0.2, 0.25) is 5.91 Å². The second-order valence-corrected chi connectivity index (χ2v) is 7.95. The van der Waals surface area contributed by atoms with Crippen LogP contribution in [0.5, 0.6) is 0 Å². The van der Waals surface area contributed by atoms with Gasteiger partial charge in [-0.2, -0.15) is 15.4 Å². The monoisotopic (exact) mass is 424 g/mol. The highest BCUT2D eigenvalue weighted by Gasteiger charge is 2.24. The summed E-state index contributed by atoms with van der Waals surface area (Å²) in [6, 6.07) is 16.0. The molecule has 0 bridgehead atoms. The molecule has 1 atom stereocenters. The van der Waals surface area contributed by atoms with Gasteiger partial charge in [-0.25, -0.2) is 0 Å². The molecule has 138 valence electrons. The first-order valence-corrected chi connectivity index (χ1v) is 9.90. The van der Waals surface area contributed by atoms with Crippen LogP contribution in [0.25, 0.3) is 0 Å². The molecule has 2 aromatic carbocycles. The lowest BCUT2D eigenvalue weighted by Crippen LogP contribution is -2.31. The van der Waals surface area contributed by atoms with E-state index in [-0.39, 0.29) is 11.9 Å². The average Bonchev–Trinajstić information content (AvgIpc) is 3.43. The van der Waals surface area contributed by atoms with E-state index in [1.165, 1.54) is 18.4 Å². The fourth-order valence-electron chi connectivity index (χ4n) is 3.25. The molecule has 1 heterocycles. The summed E-state index contributed by atoms with van der Waals surface area (Å²) < 4.78 is 0.990. The van der Waals surface area contributed by atoms with Crippen LogP contribution in [0.3, 0.4) is 0 Å². The molecule has 27 heavy (non-hydrogen) atoms. The number of hydrogen-bond acceptors (Lipinski definition) is 3. The summed E-state index contributed by atoms with van der Waals surface area (Å²) in [6.45, 7) is 1.88. The van der Waals surface area contributed by atoms with Crippen molar-refractivity contribution in [2.45, 2.75) is 38.1 Å². The summed E-state index contributed by atoms with van der Waals surface area (Å²) in [5.41, 5.74) is 4.87. The summed E-state index contributed by atoms with van der Waals surface area (Å²) >= 11 is 3.45. The number of amides is 1. The lowest BCUT2D eigenvalue weighted by atomic mass is 10.0. The average molecular weight is 425 g/mol. The molecule has 6 heteroatoms. The van der Waals surface area contributed by atoms with Crippen molar-refractivity contribution in [3.8, 4) is 0 Å². The van der Waals surface area contributed by atoms with Gasteiger partial charge < -0.3 is 5.32 Å². The number of aryl methyl sites for hydroxylation is 1. The highest BCUT2D eigenvalue weighted by molar-refractivity contribution is 9.10. The molecule has 2 N–H and O–H groups in total. The maximum Gasteiger partial charge on any atom is 0.225 e. The third-order valence-corrected chi connectivity index (χ3v) is 5.46. The van der Waals surface area contributed by atoms with E-state index in [0.717, 1.165) is 32.9 Å². The van der Waals surface area contributed by atoms with Gasteiger partial charge in [-0.15, -0.1) is 0 Å². The number of hydrogen-bond donors (Lipinski definition) is 2. The first kappa shape index (κ1) is 17.9. The van der Waals surface area contributed by atoms with Gasteiger partial charge in [0.05, 0.1) is 12.1 Å². The minimum Gasteiger partial charge on any atom is -0.343 e. The molecule has 0 saturated heterocycles. The third-order valence-electron chi connectivity index (χ3n) is 4.93. The van der Waals surface area contributed by atoms with E-state index in [4.69, 9.17) is 0 Å². The zero-order chi connectivity index (χ0) is 18.8. The fourth-order valence-corrected chi connectivity index (χ4v) is 3.52. The topological polar surface area (TPSA) is 70.7 Å². The minimum absolute atomic E-state index is 0.0375. The number of rotatable bonds is 6. The minimum atomic E-state index is -0.338. The second kappa shape index (κ2) is 7.64. The van der Waals surface area contributed by atoms with E-state index in [1.807, 2.05) is 31.2 Å². The van der Waals surface area contributed by atoms with Gasteiger partial charge in [-0.05, 0) is 54.5 Å². The van der Waals surface area contributed by atoms with E-state index in [0.29, 0.717) is 6.42 Å². The van der Waals surface area contributed by atoms with Gasteiger partial charge in [-0.1, -0.05) is 52.3 Å². The number of aromatic nitrogens is 3. The van der Waals surface area contributed by atoms with Crippen LogP contribution in [0.4, 0.5) is 0 Å². The third kappa shape index (κ3) is 4.27. The highest BCUT2D eigenvalue weighted by atomic mass is 79.9. The van der Waals surface area contributed by atoms with E-state index < -0.39 is 0 Å². The SMILES string of the molecule is Cc1n[nH]nc1[C@@H](NC(=O)Cc1ccc(C2CC2)cc1)c1ccc(Br)cc1. The Hall–Kier alpha value is -2.47. The van der Waals surface area contributed by atoms with Gasteiger partial charge in [-0.3, -0.25) is 4.79 Å². The molecule has 1 amide bonds. The maximum atomic E-state index is 12.7. The Kier molecular flexibility index (Phi) is 5.07. The van der Waals surface area contributed by atoms with Crippen molar-refractivity contribution in [1.82, 2.24) is 20.7 Å². The van der Waals surface area contributed by atoms with Crippen LogP contribution in [0.1, 0.15) is 52.9 Å². The van der Waals surface area contributed by atoms with Crippen LogP contribution < -0.4 is 5.32 Å². The lowest BCUT2D eigenvalue weighted by molar-refractivity contribution is -0.121. The van der Waals surface area contributed by atoms with Crippen molar-refractivity contribution in [1.29, 1.82) is 0 Å². The Morgan fingerprint density at radius 1 is 1.15 bits per heavy atom. The Bertz CT molecular complexity index is 930.